The van der Waals surface area contributed by atoms with Crippen molar-refractivity contribution >= 4 is 22.6 Å². The van der Waals surface area contributed by atoms with Crippen LogP contribution in [-0.4, -0.2) is 30.2 Å². The summed E-state index contributed by atoms with van der Waals surface area (Å²) >= 11 is 0. The molecule has 0 unspecified atom stereocenters. The van der Waals surface area contributed by atoms with Crippen LogP contribution in [0.15, 0.2) is 24.3 Å². The molecule has 1 N–H and O–H groups in total. The first-order valence-corrected chi connectivity index (χ1v) is 6.27. The quantitative estimate of drug-likeness (QED) is 0.916. The molecule has 0 spiro atoms. The number of nitrogens with zero attached hydrogens (tertiary/aromatic N) is 2. The van der Waals surface area contributed by atoms with Gasteiger partial charge in [-0.3, -0.25) is 9.78 Å². The van der Waals surface area contributed by atoms with Gasteiger partial charge in [-0.05, 0) is 25.0 Å². The van der Waals surface area contributed by atoms with Crippen LogP contribution in [0.3, 0.4) is 0 Å². The summed E-state index contributed by atoms with van der Waals surface area (Å²) in [5.74, 6) is -0.780. The molecule has 4 heteroatoms. The lowest BCUT2D eigenvalue weighted by Crippen LogP contribution is -2.10. The maximum atomic E-state index is 10.7. The highest BCUT2D eigenvalue weighted by molar-refractivity contribution is 5.93. The number of fused-ring (bicyclic) bond motifs is 1. The molecule has 1 heterocycles. The minimum absolute atomic E-state index is 0.131. The van der Waals surface area contributed by atoms with Crippen LogP contribution in [-0.2, 0) is 11.2 Å². The van der Waals surface area contributed by atoms with E-state index in [0.29, 0.717) is 6.42 Å². The van der Waals surface area contributed by atoms with Crippen LogP contribution in [0.5, 0.6) is 0 Å². The zero-order valence-electron chi connectivity index (χ0n) is 11.5. The fourth-order valence-electron chi connectivity index (χ4n) is 2.23. The summed E-state index contributed by atoms with van der Waals surface area (Å²) in [7, 11) is 4.00. The number of pyridine rings is 1. The molecule has 0 aliphatic heterocycles. The van der Waals surface area contributed by atoms with Crippen LogP contribution < -0.4 is 4.90 Å². The van der Waals surface area contributed by atoms with Crippen molar-refractivity contribution in [1.29, 1.82) is 0 Å². The van der Waals surface area contributed by atoms with E-state index < -0.39 is 5.97 Å². The zero-order valence-corrected chi connectivity index (χ0v) is 11.5. The summed E-state index contributed by atoms with van der Waals surface area (Å²) in [5.41, 5.74) is 3.96. The van der Waals surface area contributed by atoms with Gasteiger partial charge in [0.05, 0.1) is 5.52 Å². The van der Waals surface area contributed by atoms with Gasteiger partial charge in [0, 0.05) is 37.3 Å². The molecule has 0 atom stereocenters. The van der Waals surface area contributed by atoms with E-state index in [1.165, 1.54) is 0 Å². The third-order valence-corrected chi connectivity index (χ3v) is 3.12. The van der Waals surface area contributed by atoms with Gasteiger partial charge in [0.15, 0.2) is 0 Å². The van der Waals surface area contributed by atoms with Crippen LogP contribution in [0.25, 0.3) is 10.9 Å². The van der Waals surface area contributed by atoms with Gasteiger partial charge < -0.3 is 10.0 Å². The van der Waals surface area contributed by atoms with Crippen molar-refractivity contribution in [2.75, 3.05) is 19.0 Å². The summed E-state index contributed by atoms with van der Waals surface area (Å²) < 4.78 is 0. The molecule has 4 nitrogen and oxygen atoms in total. The molecule has 2 aromatic rings. The SMILES string of the molecule is Cc1cc(N(C)C)c2cccc(CCC(=O)O)c2n1. The van der Waals surface area contributed by atoms with Crippen molar-refractivity contribution < 1.29 is 9.90 Å². The Kier molecular flexibility index (Phi) is 3.69. The molecule has 0 amide bonds. The van der Waals surface area contributed by atoms with Gasteiger partial charge in [0.2, 0.25) is 0 Å². The maximum Gasteiger partial charge on any atom is 0.303 e. The smallest absolute Gasteiger partial charge is 0.303 e. The summed E-state index contributed by atoms with van der Waals surface area (Å²) in [4.78, 5) is 17.4. The third-order valence-electron chi connectivity index (χ3n) is 3.12. The summed E-state index contributed by atoms with van der Waals surface area (Å²) in [5, 5.41) is 9.88. The van der Waals surface area contributed by atoms with Crippen LogP contribution in [0.4, 0.5) is 5.69 Å². The summed E-state index contributed by atoms with van der Waals surface area (Å²) in [6, 6.07) is 7.99. The predicted molar refractivity (Wildman–Crippen MR) is 76.8 cm³/mol. The van der Waals surface area contributed by atoms with Gasteiger partial charge in [-0.25, -0.2) is 0 Å². The van der Waals surface area contributed by atoms with E-state index in [2.05, 4.69) is 9.88 Å². The monoisotopic (exact) mass is 258 g/mol. The Morgan fingerprint density at radius 3 is 2.74 bits per heavy atom. The predicted octanol–water partition coefficient (Wildman–Crippen LogP) is 2.63. The zero-order chi connectivity index (χ0) is 14.0. The Morgan fingerprint density at radius 1 is 1.37 bits per heavy atom. The van der Waals surface area contributed by atoms with Crippen molar-refractivity contribution in [3.8, 4) is 0 Å². The second kappa shape index (κ2) is 5.26. The van der Waals surface area contributed by atoms with Gasteiger partial charge in [0.1, 0.15) is 0 Å². The number of carboxylic acid groups (broad SMARTS) is 1. The molecule has 0 saturated heterocycles. The Balaban J connectivity index is 2.58. The van der Waals surface area contributed by atoms with Crippen LogP contribution in [0.1, 0.15) is 17.7 Å². The lowest BCUT2D eigenvalue weighted by atomic mass is 10.0. The van der Waals surface area contributed by atoms with Crippen LogP contribution in [0.2, 0.25) is 0 Å². The molecule has 0 bridgehead atoms. The highest BCUT2D eigenvalue weighted by Crippen LogP contribution is 2.28. The number of anilines is 1. The van der Waals surface area contributed by atoms with Crippen molar-refractivity contribution in [3.05, 3.63) is 35.5 Å². The molecule has 0 saturated carbocycles. The maximum absolute atomic E-state index is 10.7. The standard InChI is InChI=1S/C15H18N2O2/c1-10-9-13(17(2)3)12-6-4-5-11(15(12)16-10)7-8-14(18)19/h4-6,9H,7-8H2,1-3H3,(H,18,19). The second-order valence-electron chi connectivity index (χ2n) is 4.88. The first-order chi connectivity index (χ1) is 8.99. The first-order valence-electron chi connectivity index (χ1n) is 6.27. The fraction of sp³-hybridized carbons (Fsp3) is 0.333. The number of carbonyl (C=O) groups is 1. The van der Waals surface area contributed by atoms with Gasteiger partial charge in [0.25, 0.3) is 0 Å². The summed E-state index contributed by atoms with van der Waals surface area (Å²) in [6.07, 6.45) is 0.641. The van der Waals surface area contributed by atoms with Crippen LogP contribution >= 0.6 is 0 Å². The van der Waals surface area contributed by atoms with Gasteiger partial charge >= 0.3 is 5.97 Å². The lowest BCUT2D eigenvalue weighted by Gasteiger charge is -2.17. The number of hydrogen-bond donors (Lipinski definition) is 1. The number of aromatic nitrogens is 1. The molecule has 0 radical (unpaired) electrons. The summed E-state index contributed by atoms with van der Waals surface area (Å²) in [6.45, 7) is 1.96. The minimum Gasteiger partial charge on any atom is -0.481 e. The van der Waals surface area contributed by atoms with E-state index >= 15 is 0 Å². The third kappa shape index (κ3) is 2.84. The fourth-order valence-corrected chi connectivity index (χ4v) is 2.23. The average molecular weight is 258 g/mol. The number of carboxylic acids is 1. The topological polar surface area (TPSA) is 53.4 Å². The molecule has 100 valence electrons. The highest BCUT2D eigenvalue weighted by Gasteiger charge is 2.10. The average Bonchev–Trinajstić information content (AvgIpc) is 2.35. The number of aliphatic carboxylic acids is 1. The highest BCUT2D eigenvalue weighted by atomic mass is 16.4. The molecule has 0 fully saturated rings. The van der Waals surface area contributed by atoms with Gasteiger partial charge in [-0.15, -0.1) is 0 Å². The molecule has 19 heavy (non-hydrogen) atoms. The Bertz CT molecular complexity index is 621. The largest absolute Gasteiger partial charge is 0.481 e. The van der Waals surface area contributed by atoms with Crippen molar-refractivity contribution in [3.63, 3.8) is 0 Å². The number of para-hydroxylation sites is 1. The number of aryl methyl sites for hydroxylation is 2. The first kappa shape index (κ1) is 13.3. The van der Waals surface area contributed by atoms with Crippen molar-refractivity contribution in [2.45, 2.75) is 19.8 Å². The molecular weight excluding hydrogens is 240 g/mol. The number of hydrogen-bond acceptors (Lipinski definition) is 3. The lowest BCUT2D eigenvalue weighted by molar-refractivity contribution is -0.136. The molecule has 1 aromatic heterocycles. The van der Waals surface area contributed by atoms with Gasteiger partial charge in [-0.2, -0.15) is 0 Å². The van der Waals surface area contributed by atoms with Gasteiger partial charge in [-0.1, -0.05) is 18.2 Å². The molecule has 0 aliphatic carbocycles. The van der Waals surface area contributed by atoms with E-state index in [4.69, 9.17) is 5.11 Å². The van der Waals surface area contributed by atoms with Crippen molar-refractivity contribution in [2.24, 2.45) is 0 Å². The van der Waals surface area contributed by atoms with Crippen molar-refractivity contribution in [1.82, 2.24) is 4.98 Å². The number of benzene rings is 1. The van der Waals surface area contributed by atoms with E-state index in [1.54, 1.807) is 0 Å². The normalized spacial score (nSPS) is 10.7. The minimum atomic E-state index is -0.780. The second-order valence-corrected chi connectivity index (χ2v) is 4.88. The molecular formula is C15H18N2O2. The van der Waals surface area contributed by atoms with Crippen LogP contribution in [0, 0.1) is 6.92 Å². The van der Waals surface area contributed by atoms with E-state index in [-0.39, 0.29) is 6.42 Å². The van der Waals surface area contributed by atoms with E-state index in [1.807, 2.05) is 45.3 Å². The Hall–Kier alpha value is -2.10. The Morgan fingerprint density at radius 2 is 2.11 bits per heavy atom. The Labute approximate surface area is 112 Å². The van der Waals surface area contributed by atoms with E-state index in [9.17, 15) is 4.79 Å². The molecule has 0 aliphatic rings. The molecule has 1 aromatic carbocycles. The number of rotatable bonds is 4. The molecule has 2 rings (SSSR count). The van der Waals surface area contributed by atoms with E-state index in [0.717, 1.165) is 27.8 Å².